The second-order valence-corrected chi connectivity index (χ2v) is 4.40. The number of fused-ring (bicyclic) bond motifs is 1. The van der Waals surface area contributed by atoms with E-state index in [1.807, 2.05) is 24.3 Å². The highest BCUT2D eigenvalue weighted by molar-refractivity contribution is 5.73. The normalized spacial score (nSPS) is 20.8. The molecule has 1 atom stereocenters. The van der Waals surface area contributed by atoms with Crippen molar-refractivity contribution in [2.45, 2.75) is 12.5 Å². The molecule has 0 spiro atoms. The van der Waals surface area contributed by atoms with Crippen molar-refractivity contribution in [1.82, 2.24) is 0 Å². The Bertz CT molecular complexity index is 588. The summed E-state index contributed by atoms with van der Waals surface area (Å²) in [6, 6.07) is 5.63. The van der Waals surface area contributed by atoms with E-state index in [4.69, 9.17) is 18.9 Å². The number of hydrogen-bond donors (Lipinski definition) is 0. The van der Waals surface area contributed by atoms with Gasteiger partial charge >= 0.3 is 5.97 Å². The Hall–Kier alpha value is -2.43. The largest absolute Gasteiger partial charge is 0.497 e. The molecule has 20 heavy (non-hydrogen) atoms. The molecule has 1 aromatic carbocycles. The molecule has 0 unspecified atom stereocenters. The second-order valence-electron chi connectivity index (χ2n) is 4.40. The molecule has 0 amide bonds. The summed E-state index contributed by atoms with van der Waals surface area (Å²) < 4.78 is 21.0. The second kappa shape index (κ2) is 5.28. The molecule has 5 nitrogen and oxygen atoms in total. The Morgan fingerprint density at radius 1 is 1.30 bits per heavy atom. The van der Waals surface area contributed by atoms with Crippen LogP contribution in [0.1, 0.15) is 12.0 Å². The van der Waals surface area contributed by atoms with Gasteiger partial charge in [-0.25, -0.2) is 0 Å². The third-order valence-electron chi connectivity index (χ3n) is 3.10. The average molecular weight is 274 g/mol. The molecule has 0 aliphatic carbocycles. The molecule has 3 rings (SSSR count). The number of rotatable bonds is 3. The highest BCUT2D eigenvalue weighted by Crippen LogP contribution is 2.33. The zero-order valence-electron chi connectivity index (χ0n) is 11.0. The lowest BCUT2D eigenvalue weighted by Gasteiger charge is -2.20. The molecule has 1 aromatic rings. The summed E-state index contributed by atoms with van der Waals surface area (Å²) in [5, 5.41) is 0. The van der Waals surface area contributed by atoms with E-state index in [0.29, 0.717) is 5.76 Å². The topological polar surface area (TPSA) is 54.0 Å². The SMILES string of the molecule is COC1=CCC(=O)O[C@H]1/C=C/c1ccc2c(c1)OCO2. The van der Waals surface area contributed by atoms with E-state index < -0.39 is 6.10 Å². The van der Waals surface area contributed by atoms with E-state index >= 15 is 0 Å². The van der Waals surface area contributed by atoms with Crippen LogP contribution in [-0.4, -0.2) is 26.0 Å². The Kier molecular flexibility index (Phi) is 3.33. The molecule has 0 saturated carbocycles. The van der Waals surface area contributed by atoms with Crippen LogP contribution < -0.4 is 9.47 Å². The first-order valence-electron chi connectivity index (χ1n) is 6.27. The van der Waals surface area contributed by atoms with Crippen molar-refractivity contribution in [1.29, 1.82) is 0 Å². The number of ether oxygens (including phenoxy) is 4. The summed E-state index contributed by atoms with van der Waals surface area (Å²) in [6.45, 7) is 0.249. The number of methoxy groups -OCH3 is 1. The lowest BCUT2D eigenvalue weighted by atomic mass is 10.1. The van der Waals surface area contributed by atoms with Crippen LogP contribution in [0.5, 0.6) is 11.5 Å². The fraction of sp³-hybridized carbons (Fsp3) is 0.267. The molecule has 104 valence electrons. The number of benzene rings is 1. The van der Waals surface area contributed by atoms with Crippen molar-refractivity contribution in [3.05, 3.63) is 41.7 Å². The minimum atomic E-state index is -0.480. The van der Waals surface area contributed by atoms with Crippen molar-refractivity contribution in [2.24, 2.45) is 0 Å². The monoisotopic (exact) mass is 274 g/mol. The maximum atomic E-state index is 11.3. The summed E-state index contributed by atoms with van der Waals surface area (Å²) >= 11 is 0. The molecule has 0 bridgehead atoms. The van der Waals surface area contributed by atoms with E-state index in [1.165, 1.54) is 0 Å². The van der Waals surface area contributed by atoms with Crippen LogP contribution in [0.4, 0.5) is 0 Å². The van der Waals surface area contributed by atoms with Gasteiger partial charge in [-0.2, -0.15) is 0 Å². The predicted octanol–water partition coefficient (Wildman–Crippen LogP) is 2.27. The lowest BCUT2D eigenvalue weighted by molar-refractivity contribution is -0.147. The van der Waals surface area contributed by atoms with Crippen LogP contribution in [0.25, 0.3) is 6.08 Å². The number of esters is 1. The summed E-state index contributed by atoms with van der Waals surface area (Å²) in [5.41, 5.74) is 0.936. The van der Waals surface area contributed by atoms with Gasteiger partial charge in [0.15, 0.2) is 17.6 Å². The minimum Gasteiger partial charge on any atom is -0.497 e. The van der Waals surface area contributed by atoms with Gasteiger partial charge in [0.05, 0.1) is 13.5 Å². The fourth-order valence-electron chi connectivity index (χ4n) is 2.10. The van der Waals surface area contributed by atoms with Crippen molar-refractivity contribution in [3.63, 3.8) is 0 Å². The van der Waals surface area contributed by atoms with Crippen molar-refractivity contribution in [2.75, 3.05) is 13.9 Å². The Balaban J connectivity index is 1.78. The molecule has 0 aromatic heterocycles. The number of carbonyl (C=O) groups excluding carboxylic acids is 1. The van der Waals surface area contributed by atoms with Crippen molar-refractivity contribution < 1.29 is 23.7 Å². The van der Waals surface area contributed by atoms with Crippen LogP contribution in [0.2, 0.25) is 0 Å². The van der Waals surface area contributed by atoms with Gasteiger partial charge in [-0.1, -0.05) is 12.1 Å². The third kappa shape index (κ3) is 2.47. The van der Waals surface area contributed by atoms with Gasteiger partial charge in [-0.3, -0.25) is 4.79 Å². The number of hydrogen-bond acceptors (Lipinski definition) is 5. The zero-order chi connectivity index (χ0) is 13.9. The quantitative estimate of drug-likeness (QED) is 0.791. The molecule has 0 fully saturated rings. The van der Waals surface area contributed by atoms with E-state index in [0.717, 1.165) is 17.1 Å². The molecule has 2 aliphatic heterocycles. The first-order chi connectivity index (χ1) is 9.76. The smallest absolute Gasteiger partial charge is 0.310 e. The molecule has 0 N–H and O–H groups in total. The summed E-state index contributed by atoms with van der Waals surface area (Å²) in [5.74, 6) is 1.84. The van der Waals surface area contributed by atoms with Crippen LogP contribution in [0.15, 0.2) is 36.1 Å². The van der Waals surface area contributed by atoms with Crippen LogP contribution in [0, 0.1) is 0 Å². The van der Waals surface area contributed by atoms with Gasteiger partial charge in [0.1, 0.15) is 5.76 Å². The highest BCUT2D eigenvalue weighted by atomic mass is 16.7. The number of carbonyl (C=O) groups is 1. The molecule has 0 radical (unpaired) electrons. The molecule has 2 aliphatic rings. The molecule has 0 saturated heterocycles. The zero-order valence-corrected chi connectivity index (χ0v) is 11.0. The molecule has 5 heteroatoms. The Morgan fingerprint density at radius 3 is 3.00 bits per heavy atom. The van der Waals surface area contributed by atoms with Gasteiger partial charge in [0.2, 0.25) is 6.79 Å². The van der Waals surface area contributed by atoms with Crippen LogP contribution in [-0.2, 0) is 14.3 Å². The van der Waals surface area contributed by atoms with Gasteiger partial charge < -0.3 is 18.9 Å². The lowest BCUT2D eigenvalue weighted by Crippen LogP contribution is -2.23. The van der Waals surface area contributed by atoms with E-state index in [-0.39, 0.29) is 19.2 Å². The maximum absolute atomic E-state index is 11.3. The standard InChI is InChI=1S/C15H14O5/c1-17-11-6-7-15(16)20-13(11)5-3-10-2-4-12-14(8-10)19-9-18-12/h2-6,8,13H,7,9H2,1H3/b5-3+/t13-/m0/s1. The third-order valence-corrected chi connectivity index (χ3v) is 3.10. The highest BCUT2D eigenvalue weighted by Gasteiger charge is 2.22. The van der Waals surface area contributed by atoms with Gasteiger partial charge in [0.25, 0.3) is 0 Å². The molecular formula is C15H14O5. The van der Waals surface area contributed by atoms with E-state index in [1.54, 1.807) is 19.3 Å². The summed E-state index contributed by atoms with van der Waals surface area (Å²) in [4.78, 5) is 11.3. The number of cyclic esters (lactones) is 1. The first kappa shape index (κ1) is 12.6. The van der Waals surface area contributed by atoms with Crippen LogP contribution in [0.3, 0.4) is 0 Å². The predicted molar refractivity (Wildman–Crippen MR) is 71.2 cm³/mol. The molecule has 2 heterocycles. The summed E-state index contributed by atoms with van der Waals surface area (Å²) in [7, 11) is 1.56. The Morgan fingerprint density at radius 2 is 2.15 bits per heavy atom. The Labute approximate surface area is 116 Å². The van der Waals surface area contributed by atoms with Crippen molar-refractivity contribution >= 4 is 12.0 Å². The molecular weight excluding hydrogens is 260 g/mol. The first-order valence-corrected chi connectivity index (χ1v) is 6.27. The minimum absolute atomic E-state index is 0.248. The van der Waals surface area contributed by atoms with Gasteiger partial charge in [-0.05, 0) is 29.8 Å². The summed E-state index contributed by atoms with van der Waals surface area (Å²) in [6.07, 6.45) is 5.15. The van der Waals surface area contributed by atoms with Gasteiger partial charge in [0, 0.05) is 0 Å². The maximum Gasteiger partial charge on any atom is 0.310 e. The van der Waals surface area contributed by atoms with Crippen LogP contribution >= 0.6 is 0 Å². The van der Waals surface area contributed by atoms with E-state index in [2.05, 4.69) is 0 Å². The average Bonchev–Trinajstić information content (AvgIpc) is 2.92. The fourth-order valence-corrected chi connectivity index (χ4v) is 2.10. The van der Waals surface area contributed by atoms with Gasteiger partial charge in [-0.15, -0.1) is 0 Å². The van der Waals surface area contributed by atoms with Crippen molar-refractivity contribution in [3.8, 4) is 11.5 Å². The van der Waals surface area contributed by atoms with E-state index in [9.17, 15) is 4.79 Å².